The van der Waals surface area contributed by atoms with E-state index < -0.39 is 6.10 Å². The number of fused-ring (bicyclic) bond motifs is 2. The molecule has 10 nitrogen and oxygen atoms in total. The minimum absolute atomic E-state index is 0.0831. The van der Waals surface area contributed by atoms with Crippen LogP contribution in [0, 0.1) is 11.8 Å². The average molecular weight is 488 g/mol. The second-order valence-corrected chi connectivity index (χ2v) is 10.0. The molecule has 36 heavy (non-hydrogen) atoms. The van der Waals surface area contributed by atoms with E-state index in [2.05, 4.69) is 60.7 Å². The van der Waals surface area contributed by atoms with E-state index in [1.807, 2.05) is 6.20 Å². The molecule has 3 aromatic rings. The quantitative estimate of drug-likeness (QED) is 0.470. The number of amides is 2. The van der Waals surface area contributed by atoms with Crippen molar-refractivity contribution in [3.8, 4) is 11.1 Å². The van der Waals surface area contributed by atoms with E-state index in [0.717, 1.165) is 22.4 Å². The summed E-state index contributed by atoms with van der Waals surface area (Å²) in [4.78, 5) is 21.4. The molecular weight excluding hydrogens is 458 g/mol. The van der Waals surface area contributed by atoms with Gasteiger partial charge >= 0.3 is 6.03 Å². The molecule has 0 saturated carbocycles. The van der Waals surface area contributed by atoms with Crippen molar-refractivity contribution in [1.29, 1.82) is 0 Å². The maximum atomic E-state index is 13.3. The molecule has 2 aromatic heterocycles. The van der Waals surface area contributed by atoms with E-state index in [1.54, 1.807) is 26.6 Å². The first-order valence-corrected chi connectivity index (χ1v) is 12.2. The zero-order valence-electron chi connectivity index (χ0n) is 20.5. The normalized spacial score (nSPS) is 21.9. The fourth-order valence-electron chi connectivity index (χ4n) is 5.18. The molecule has 1 aromatic carbocycles. The van der Waals surface area contributed by atoms with Crippen molar-refractivity contribution in [2.24, 2.45) is 16.9 Å². The van der Waals surface area contributed by atoms with Gasteiger partial charge in [-0.25, -0.2) is 14.3 Å². The van der Waals surface area contributed by atoms with Crippen LogP contribution in [0.5, 0.6) is 0 Å². The zero-order chi connectivity index (χ0) is 25.1. The predicted molar refractivity (Wildman–Crippen MR) is 135 cm³/mol. The summed E-state index contributed by atoms with van der Waals surface area (Å²) in [6.07, 6.45) is 2.63. The Hall–Kier alpha value is -3.76. The van der Waals surface area contributed by atoms with Crippen LogP contribution in [0.15, 0.2) is 59.1 Å². The van der Waals surface area contributed by atoms with Gasteiger partial charge in [0.2, 0.25) is 0 Å². The largest absolute Gasteiger partial charge is 0.394 e. The summed E-state index contributed by atoms with van der Waals surface area (Å²) in [6, 6.07) is 9.71. The van der Waals surface area contributed by atoms with Gasteiger partial charge in [0.15, 0.2) is 5.65 Å². The molecule has 3 atom stereocenters. The Morgan fingerprint density at radius 2 is 1.92 bits per heavy atom. The highest BCUT2D eigenvalue weighted by atomic mass is 16.3. The standard InChI is InChI=1S/C26H29N7O3/c1-14(2)20-12-31(11-18(35)13-34)26(36)33(20)21-8-9-32-25(28-21)19(10-27-32)16-4-6-17(7-5-16)24-22-15(3)23(22)29-30-24/h4-10,14,18,20,22,29,34-35H,11-13H2,1-3H3. The number of β-amino-alcohol motifs (C(OH)–C–C–N with tert-alkyl or cyclic N) is 1. The van der Waals surface area contributed by atoms with Crippen molar-refractivity contribution in [2.45, 2.75) is 32.9 Å². The van der Waals surface area contributed by atoms with E-state index in [0.29, 0.717) is 23.9 Å². The Morgan fingerprint density at radius 1 is 1.17 bits per heavy atom. The van der Waals surface area contributed by atoms with Crippen LogP contribution in [0.3, 0.4) is 0 Å². The highest BCUT2D eigenvalue weighted by Crippen LogP contribution is 2.43. The summed E-state index contributed by atoms with van der Waals surface area (Å²) in [5, 5.41) is 28.1. The summed E-state index contributed by atoms with van der Waals surface area (Å²) in [7, 11) is 0. The van der Waals surface area contributed by atoms with E-state index >= 15 is 0 Å². The molecule has 3 unspecified atom stereocenters. The lowest BCUT2D eigenvalue weighted by Crippen LogP contribution is -2.39. The number of allylic oxidation sites excluding steroid dienone is 2. The summed E-state index contributed by atoms with van der Waals surface area (Å²) in [5.74, 6) is 1.06. The number of hydrazone groups is 1. The van der Waals surface area contributed by atoms with Crippen LogP contribution in [0.1, 0.15) is 26.3 Å². The van der Waals surface area contributed by atoms with Crippen molar-refractivity contribution in [2.75, 3.05) is 24.6 Å². The molecule has 2 aliphatic heterocycles. The molecule has 4 heterocycles. The molecule has 0 radical (unpaired) electrons. The van der Waals surface area contributed by atoms with Crippen LogP contribution in [0.2, 0.25) is 0 Å². The van der Waals surface area contributed by atoms with E-state index in [-0.39, 0.29) is 31.1 Å². The second-order valence-electron chi connectivity index (χ2n) is 10.0. The van der Waals surface area contributed by atoms with Gasteiger partial charge in [0.25, 0.3) is 0 Å². The number of hydrogen-bond acceptors (Lipinski definition) is 7. The number of benzene rings is 1. The number of urea groups is 1. The molecule has 2 amide bonds. The molecule has 1 saturated heterocycles. The van der Waals surface area contributed by atoms with Crippen LogP contribution in [-0.2, 0) is 0 Å². The molecule has 186 valence electrons. The Morgan fingerprint density at radius 3 is 2.58 bits per heavy atom. The third-order valence-electron chi connectivity index (χ3n) is 7.35. The van der Waals surface area contributed by atoms with Crippen LogP contribution in [-0.4, -0.2) is 73.3 Å². The second kappa shape index (κ2) is 8.42. The number of aromatic nitrogens is 3. The maximum absolute atomic E-state index is 13.3. The number of carbonyl (C=O) groups is 1. The number of nitrogens with one attached hydrogen (secondary N) is 1. The average Bonchev–Trinajstić information content (AvgIpc) is 3.28. The minimum Gasteiger partial charge on any atom is -0.394 e. The van der Waals surface area contributed by atoms with Gasteiger partial charge < -0.3 is 15.1 Å². The van der Waals surface area contributed by atoms with Gasteiger partial charge in [-0.2, -0.15) is 10.2 Å². The highest BCUT2D eigenvalue weighted by molar-refractivity contribution is 6.10. The molecule has 0 spiro atoms. The number of anilines is 1. The number of aliphatic hydroxyl groups excluding tert-OH is 2. The van der Waals surface area contributed by atoms with Crippen LogP contribution < -0.4 is 10.3 Å². The number of nitrogens with zero attached hydrogens (tertiary/aromatic N) is 6. The summed E-state index contributed by atoms with van der Waals surface area (Å²) in [6.45, 7) is 6.41. The van der Waals surface area contributed by atoms with E-state index in [1.165, 1.54) is 11.3 Å². The van der Waals surface area contributed by atoms with Crippen molar-refractivity contribution in [1.82, 2.24) is 24.9 Å². The van der Waals surface area contributed by atoms with Crippen molar-refractivity contribution in [3.63, 3.8) is 0 Å². The molecular formula is C26H29N7O3. The smallest absolute Gasteiger partial charge is 0.326 e. The van der Waals surface area contributed by atoms with Crippen molar-refractivity contribution < 1.29 is 15.0 Å². The lowest BCUT2D eigenvalue weighted by molar-refractivity contribution is 0.0719. The molecule has 1 aliphatic carbocycles. The van der Waals surface area contributed by atoms with Crippen molar-refractivity contribution >= 4 is 23.2 Å². The minimum atomic E-state index is -0.973. The third-order valence-corrected chi connectivity index (χ3v) is 7.35. The zero-order valence-corrected chi connectivity index (χ0v) is 20.5. The maximum Gasteiger partial charge on any atom is 0.326 e. The summed E-state index contributed by atoms with van der Waals surface area (Å²) >= 11 is 0. The number of rotatable bonds is 7. The fourth-order valence-corrected chi connectivity index (χ4v) is 5.18. The molecule has 10 heteroatoms. The number of hydrogen-bond donors (Lipinski definition) is 3. The van der Waals surface area contributed by atoms with Gasteiger partial charge in [0.05, 0.1) is 43.1 Å². The third kappa shape index (κ3) is 3.56. The monoisotopic (exact) mass is 487 g/mol. The first-order valence-electron chi connectivity index (χ1n) is 12.2. The Bertz CT molecular complexity index is 1410. The van der Waals surface area contributed by atoms with Crippen LogP contribution >= 0.6 is 0 Å². The van der Waals surface area contributed by atoms with Gasteiger partial charge in [0, 0.05) is 24.0 Å². The topological polar surface area (TPSA) is 119 Å². The van der Waals surface area contributed by atoms with E-state index in [9.17, 15) is 15.0 Å². The van der Waals surface area contributed by atoms with Gasteiger partial charge in [-0.15, -0.1) is 0 Å². The first kappa shape index (κ1) is 22.7. The van der Waals surface area contributed by atoms with Gasteiger partial charge in [-0.05, 0) is 35.6 Å². The Kier molecular flexibility index (Phi) is 5.31. The first-order chi connectivity index (χ1) is 17.4. The van der Waals surface area contributed by atoms with Gasteiger partial charge in [-0.1, -0.05) is 38.1 Å². The summed E-state index contributed by atoms with van der Waals surface area (Å²) < 4.78 is 1.71. The molecule has 6 rings (SSSR count). The van der Waals surface area contributed by atoms with Gasteiger partial charge in [0.1, 0.15) is 5.82 Å². The molecule has 3 aliphatic rings. The van der Waals surface area contributed by atoms with Crippen LogP contribution in [0.4, 0.5) is 10.6 Å². The number of aliphatic hydroxyl groups is 2. The molecule has 0 bridgehead atoms. The number of carbonyl (C=O) groups excluding carboxylic acids is 1. The van der Waals surface area contributed by atoms with Gasteiger partial charge in [-0.3, -0.25) is 10.3 Å². The van der Waals surface area contributed by atoms with E-state index in [4.69, 9.17) is 4.98 Å². The SMILES string of the molecule is CC1=C2NN=C(c3ccc(-c4cnn5ccc(N6C(=O)N(CC(O)CO)CC6C(C)C)nc45)cc3)C12. The highest BCUT2D eigenvalue weighted by Gasteiger charge is 2.43. The van der Waals surface area contributed by atoms with Crippen molar-refractivity contribution in [3.05, 3.63) is 59.6 Å². The summed E-state index contributed by atoms with van der Waals surface area (Å²) in [5.41, 5.74) is 10.3. The lowest BCUT2D eigenvalue weighted by atomic mass is 10.0. The molecule has 1 fully saturated rings. The Labute approximate surface area is 208 Å². The predicted octanol–water partition coefficient (Wildman–Crippen LogP) is 2.23. The fraction of sp³-hybridized carbons (Fsp3) is 0.385. The Balaban J connectivity index is 1.31. The van der Waals surface area contributed by atoms with Crippen LogP contribution in [0.25, 0.3) is 16.8 Å². The lowest BCUT2D eigenvalue weighted by Gasteiger charge is -2.25. The molecule has 3 N–H and O–H groups in total.